The highest BCUT2D eigenvalue weighted by Crippen LogP contribution is 2.39. The number of benzene rings is 2. The summed E-state index contributed by atoms with van der Waals surface area (Å²) in [6.45, 7) is 0. The van der Waals surface area contributed by atoms with Crippen molar-refractivity contribution in [3.8, 4) is 28.5 Å². The molecule has 0 aliphatic carbocycles. The van der Waals surface area contributed by atoms with Gasteiger partial charge in [0, 0.05) is 28.0 Å². The molecule has 0 aliphatic rings. The molecule has 0 spiro atoms. The summed E-state index contributed by atoms with van der Waals surface area (Å²) < 4.78 is 19.1. The van der Waals surface area contributed by atoms with Crippen molar-refractivity contribution in [2.75, 3.05) is 28.4 Å². The molecule has 0 amide bonds. The monoisotopic (exact) mass is 461 g/mol. The van der Waals surface area contributed by atoms with Crippen LogP contribution in [0.15, 0.2) is 56.3 Å². The van der Waals surface area contributed by atoms with Crippen LogP contribution in [0.1, 0.15) is 5.56 Å². The van der Waals surface area contributed by atoms with Gasteiger partial charge in [-0.15, -0.1) is 11.3 Å². The van der Waals surface area contributed by atoms with Crippen LogP contribution in [0.4, 0.5) is 0 Å². The lowest BCUT2D eigenvalue weighted by Gasteiger charge is -2.13. The Labute approximate surface area is 175 Å². The minimum atomic E-state index is 0.524. The predicted octanol–water partition coefficient (Wildman–Crippen LogP) is 4.42. The zero-order valence-corrected chi connectivity index (χ0v) is 18.4. The van der Waals surface area contributed by atoms with Gasteiger partial charge in [-0.25, -0.2) is 4.68 Å². The van der Waals surface area contributed by atoms with Gasteiger partial charge in [0.25, 0.3) is 0 Å². The van der Waals surface area contributed by atoms with E-state index >= 15 is 0 Å². The van der Waals surface area contributed by atoms with E-state index in [1.54, 1.807) is 39.3 Å². The molecule has 0 atom stereocenters. The molecule has 0 bridgehead atoms. The maximum absolute atomic E-state index is 5.54. The topological polar surface area (TPSA) is 57.3 Å². The summed E-state index contributed by atoms with van der Waals surface area (Å²) >= 11 is 5.13. The van der Waals surface area contributed by atoms with Gasteiger partial charge in [-0.3, -0.25) is 4.99 Å². The Balaban J connectivity index is 2.12. The largest absolute Gasteiger partial charge is 0.493 e. The van der Waals surface area contributed by atoms with Gasteiger partial charge >= 0.3 is 0 Å². The van der Waals surface area contributed by atoms with E-state index in [0.717, 1.165) is 26.1 Å². The van der Waals surface area contributed by atoms with Crippen molar-refractivity contribution in [1.29, 1.82) is 0 Å². The number of methoxy groups -OCH3 is 3. The summed E-state index contributed by atoms with van der Waals surface area (Å²) in [4.78, 5) is 5.12. The smallest absolute Gasteiger partial charge is 0.205 e. The van der Waals surface area contributed by atoms with Crippen molar-refractivity contribution in [2.45, 2.75) is 0 Å². The molecule has 2 aromatic carbocycles. The fraction of sp³-hybridized carbons (Fsp3) is 0.200. The lowest BCUT2D eigenvalue weighted by molar-refractivity contribution is 0.324. The normalized spacial score (nSPS) is 11.8. The van der Waals surface area contributed by atoms with E-state index in [1.807, 2.05) is 41.8 Å². The first-order valence-electron chi connectivity index (χ1n) is 8.36. The average molecular weight is 462 g/mol. The first-order valence-corrected chi connectivity index (χ1v) is 10.0. The zero-order valence-electron chi connectivity index (χ0n) is 16.0. The summed E-state index contributed by atoms with van der Waals surface area (Å²) in [5, 5.41) is 6.71. The van der Waals surface area contributed by atoms with Gasteiger partial charge in [-0.1, -0.05) is 34.1 Å². The molecule has 0 fully saturated rings. The van der Waals surface area contributed by atoms with Crippen LogP contribution >= 0.6 is 27.3 Å². The summed E-state index contributed by atoms with van der Waals surface area (Å²) in [5.41, 5.74) is 2.73. The van der Waals surface area contributed by atoms with Gasteiger partial charge < -0.3 is 14.2 Å². The Morgan fingerprint density at radius 3 is 2.39 bits per heavy atom. The Kier molecular flexibility index (Phi) is 6.53. The number of rotatable bonds is 6. The SMILES string of the molecule is CN=c1scc(-c2ccccc2Br)n1N=Cc1ccc(OC)c(OC)c1OC. The van der Waals surface area contributed by atoms with Crippen molar-refractivity contribution in [2.24, 2.45) is 10.1 Å². The summed E-state index contributed by atoms with van der Waals surface area (Å²) in [6.07, 6.45) is 1.72. The molecule has 0 aliphatic heterocycles. The Morgan fingerprint density at radius 1 is 1.00 bits per heavy atom. The Morgan fingerprint density at radius 2 is 1.75 bits per heavy atom. The Bertz CT molecular complexity index is 1070. The second-order valence-electron chi connectivity index (χ2n) is 5.59. The van der Waals surface area contributed by atoms with E-state index in [4.69, 9.17) is 14.2 Å². The third-order valence-corrected chi connectivity index (χ3v) is 5.67. The third kappa shape index (κ3) is 3.83. The maximum atomic E-state index is 5.54. The lowest BCUT2D eigenvalue weighted by atomic mass is 10.2. The third-order valence-electron chi connectivity index (χ3n) is 4.07. The number of hydrogen-bond donors (Lipinski definition) is 0. The number of thiazole rings is 1. The van der Waals surface area contributed by atoms with Crippen LogP contribution in [0.25, 0.3) is 11.3 Å². The number of hydrogen-bond acceptors (Lipinski definition) is 6. The molecule has 0 radical (unpaired) electrons. The molecule has 3 aromatic rings. The number of aromatic nitrogens is 1. The highest BCUT2D eigenvalue weighted by Gasteiger charge is 2.15. The van der Waals surface area contributed by atoms with E-state index in [-0.39, 0.29) is 0 Å². The number of ether oxygens (including phenoxy) is 3. The lowest BCUT2D eigenvalue weighted by Crippen LogP contribution is -2.11. The summed E-state index contributed by atoms with van der Waals surface area (Å²) in [7, 11) is 6.50. The van der Waals surface area contributed by atoms with Gasteiger partial charge in [-0.2, -0.15) is 5.10 Å². The molecule has 146 valence electrons. The molecule has 6 nitrogen and oxygen atoms in total. The van der Waals surface area contributed by atoms with Gasteiger partial charge in [-0.05, 0) is 18.2 Å². The second kappa shape index (κ2) is 9.07. The quantitative estimate of drug-likeness (QED) is 0.510. The van der Waals surface area contributed by atoms with Crippen molar-refractivity contribution in [3.05, 3.63) is 56.6 Å². The van der Waals surface area contributed by atoms with Crippen molar-refractivity contribution >= 4 is 33.5 Å². The van der Waals surface area contributed by atoms with Crippen LogP contribution in [0.2, 0.25) is 0 Å². The van der Waals surface area contributed by atoms with Crippen LogP contribution in [0.5, 0.6) is 17.2 Å². The zero-order chi connectivity index (χ0) is 20.1. The highest BCUT2D eigenvalue weighted by molar-refractivity contribution is 9.10. The molecule has 1 aromatic heterocycles. The van der Waals surface area contributed by atoms with Crippen molar-refractivity contribution < 1.29 is 14.2 Å². The molecule has 0 saturated heterocycles. The first-order chi connectivity index (χ1) is 13.6. The molecule has 0 unspecified atom stereocenters. The van der Waals surface area contributed by atoms with Crippen LogP contribution < -0.4 is 19.0 Å². The van der Waals surface area contributed by atoms with Gasteiger partial charge in [0.2, 0.25) is 10.6 Å². The van der Waals surface area contributed by atoms with Crippen LogP contribution in [-0.2, 0) is 0 Å². The minimum absolute atomic E-state index is 0.524. The Hall–Kier alpha value is -2.58. The molecular formula is C20H20BrN3O3S. The highest BCUT2D eigenvalue weighted by atomic mass is 79.9. The van der Waals surface area contributed by atoms with Gasteiger partial charge in [0.05, 0.1) is 33.2 Å². The number of halogens is 1. The number of nitrogens with zero attached hydrogens (tertiary/aromatic N) is 3. The average Bonchev–Trinajstić information content (AvgIpc) is 3.14. The first kappa shape index (κ1) is 20.2. The van der Waals surface area contributed by atoms with Crippen molar-refractivity contribution in [1.82, 2.24) is 4.68 Å². The summed E-state index contributed by atoms with van der Waals surface area (Å²) in [6, 6.07) is 11.7. The summed E-state index contributed by atoms with van der Waals surface area (Å²) in [5.74, 6) is 1.67. The second-order valence-corrected chi connectivity index (χ2v) is 7.28. The minimum Gasteiger partial charge on any atom is -0.493 e. The molecular weight excluding hydrogens is 442 g/mol. The van der Waals surface area contributed by atoms with Crippen molar-refractivity contribution in [3.63, 3.8) is 0 Å². The van der Waals surface area contributed by atoms with Crippen LogP contribution in [0.3, 0.4) is 0 Å². The fourth-order valence-electron chi connectivity index (χ4n) is 2.76. The van der Waals surface area contributed by atoms with Crippen LogP contribution in [-0.4, -0.2) is 39.3 Å². The van der Waals surface area contributed by atoms with Crippen LogP contribution in [0, 0.1) is 0 Å². The molecule has 0 N–H and O–H groups in total. The predicted molar refractivity (Wildman–Crippen MR) is 116 cm³/mol. The fourth-order valence-corrected chi connectivity index (χ4v) is 4.05. The molecule has 0 saturated carbocycles. The maximum Gasteiger partial charge on any atom is 0.205 e. The molecule has 3 rings (SSSR count). The van der Waals surface area contributed by atoms with E-state index in [0.29, 0.717) is 17.2 Å². The van der Waals surface area contributed by atoms with Gasteiger partial charge in [0.1, 0.15) is 0 Å². The van der Waals surface area contributed by atoms with E-state index in [9.17, 15) is 0 Å². The molecule has 8 heteroatoms. The standard InChI is InChI=1S/C20H20BrN3O3S/c1-22-20-24(16(12-28-20)14-7-5-6-8-15(14)21)23-11-13-9-10-17(25-2)19(27-4)18(13)26-3/h5-12H,1-4H3. The van der Waals surface area contributed by atoms with Gasteiger partial charge in [0.15, 0.2) is 11.5 Å². The van der Waals surface area contributed by atoms with E-state index in [1.165, 1.54) is 11.3 Å². The van der Waals surface area contributed by atoms with E-state index in [2.05, 4.69) is 26.0 Å². The molecule has 28 heavy (non-hydrogen) atoms. The van der Waals surface area contributed by atoms with E-state index < -0.39 is 0 Å². The molecule has 1 heterocycles.